The molecule has 0 fully saturated rings. The van der Waals surface area contributed by atoms with Gasteiger partial charge in [-0.1, -0.05) is 30.0 Å². The summed E-state index contributed by atoms with van der Waals surface area (Å²) in [5.41, 5.74) is 2.06. The molecule has 0 aliphatic heterocycles. The standard InChI is InChI=1S/C19H17N3OS2/c20-11-6-12-24-19-21-17-16(14-9-4-5-10-15(14)25-17)18(23)22(19)13-7-2-1-3-8-13/h1-3,7-8H,4-6,9-10,12H2. The third-order valence-electron chi connectivity index (χ3n) is 4.42. The van der Waals surface area contributed by atoms with Gasteiger partial charge in [-0.25, -0.2) is 4.98 Å². The Morgan fingerprint density at radius 2 is 2.04 bits per heavy atom. The lowest BCUT2D eigenvalue weighted by molar-refractivity contribution is 0.699. The van der Waals surface area contributed by atoms with Crippen LogP contribution in [0.1, 0.15) is 29.7 Å². The number of benzene rings is 1. The number of aromatic nitrogens is 2. The Morgan fingerprint density at radius 1 is 1.24 bits per heavy atom. The molecule has 6 heteroatoms. The molecule has 1 aromatic carbocycles. The van der Waals surface area contributed by atoms with Gasteiger partial charge in [0.05, 0.1) is 17.1 Å². The minimum absolute atomic E-state index is 0.0232. The molecule has 0 saturated heterocycles. The second kappa shape index (κ2) is 7.03. The second-order valence-corrected chi connectivity index (χ2v) is 8.16. The van der Waals surface area contributed by atoms with Crippen molar-refractivity contribution in [2.45, 2.75) is 37.3 Å². The van der Waals surface area contributed by atoms with Gasteiger partial charge in [0.1, 0.15) is 4.83 Å². The summed E-state index contributed by atoms with van der Waals surface area (Å²) in [6, 6.07) is 11.8. The Morgan fingerprint density at radius 3 is 2.84 bits per heavy atom. The van der Waals surface area contributed by atoms with Crippen LogP contribution < -0.4 is 5.56 Å². The number of rotatable bonds is 4. The molecular formula is C19H17N3OS2. The number of para-hydroxylation sites is 1. The van der Waals surface area contributed by atoms with Crippen LogP contribution >= 0.6 is 23.1 Å². The Hall–Kier alpha value is -2.10. The molecule has 2 aromatic heterocycles. The van der Waals surface area contributed by atoms with Crippen LogP contribution in [0.25, 0.3) is 15.9 Å². The first-order valence-corrected chi connectivity index (χ1v) is 10.2. The quantitative estimate of drug-likeness (QED) is 0.391. The summed E-state index contributed by atoms with van der Waals surface area (Å²) < 4.78 is 1.71. The molecule has 0 spiro atoms. The van der Waals surface area contributed by atoms with E-state index in [1.165, 1.54) is 28.6 Å². The van der Waals surface area contributed by atoms with Gasteiger partial charge >= 0.3 is 0 Å². The van der Waals surface area contributed by atoms with Crippen LogP contribution in [0, 0.1) is 11.3 Å². The molecule has 3 aromatic rings. The lowest BCUT2D eigenvalue weighted by Gasteiger charge is -2.13. The number of nitriles is 1. The van der Waals surface area contributed by atoms with E-state index < -0.39 is 0 Å². The highest BCUT2D eigenvalue weighted by atomic mass is 32.2. The molecular weight excluding hydrogens is 350 g/mol. The molecule has 0 saturated carbocycles. The predicted molar refractivity (Wildman–Crippen MR) is 103 cm³/mol. The fourth-order valence-electron chi connectivity index (χ4n) is 3.28. The van der Waals surface area contributed by atoms with Crippen molar-refractivity contribution in [3.05, 3.63) is 51.1 Å². The largest absolute Gasteiger partial charge is 0.268 e. The predicted octanol–water partition coefficient (Wildman–Crippen LogP) is 4.33. The van der Waals surface area contributed by atoms with E-state index in [1.807, 2.05) is 30.3 Å². The average molecular weight is 367 g/mol. The molecule has 1 aliphatic carbocycles. The zero-order chi connectivity index (χ0) is 17.2. The maximum absolute atomic E-state index is 13.4. The molecule has 4 nitrogen and oxygen atoms in total. The Labute approximate surface area is 154 Å². The van der Waals surface area contributed by atoms with Crippen molar-refractivity contribution in [1.82, 2.24) is 9.55 Å². The van der Waals surface area contributed by atoms with Crippen LogP contribution in [0.3, 0.4) is 0 Å². The van der Waals surface area contributed by atoms with Gasteiger partial charge in [-0.15, -0.1) is 11.3 Å². The normalized spacial score (nSPS) is 13.6. The van der Waals surface area contributed by atoms with Crippen molar-refractivity contribution in [3.63, 3.8) is 0 Å². The number of hydrogen-bond acceptors (Lipinski definition) is 5. The van der Waals surface area contributed by atoms with Crippen molar-refractivity contribution >= 4 is 33.3 Å². The third kappa shape index (κ3) is 2.99. The molecule has 0 amide bonds. The Bertz CT molecular complexity index is 1020. The summed E-state index contributed by atoms with van der Waals surface area (Å²) in [7, 11) is 0. The van der Waals surface area contributed by atoms with E-state index in [9.17, 15) is 4.79 Å². The molecule has 0 bridgehead atoms. The summed E-state index contributed by atoms with van der Waals surface area (Å²) >= 11 is 3.15. The van der Waals surface area contributed by atoms with E-state index in [-0.39, 0.29) is 5.56 Å². The third-order valence-corrected chi connectivity index (χ3v) is 6.54. The van der Waals surface area contributed by atoms with E-state index in [0.29, 0.717) is 17.3 Å². The van der Waals surface area contributed by atoms with E-state index in [0.717, 1.165) is 35.2 Å². The van der Waals surface area contributed by atoms with E-state index >= 15 is 0 Å². The Kier molecular flexibility index (Phi) is 4.60. The van der Waals surface area contributed by atoms with Gasteiger partial charge in [0, 0.05) is 17.1 Å². The second-order valence-electron chi connectivity index (χ2n) is 6.02. The number of thioether (sulfide) groups is 1. The first-order valence-electron chi connectivity index (χ1n) is 8.42. The van der Waals surface area contributed by atoms with Crippen LogP contribution in [0.15, 0.2) is 40.3 Å². The van der Waals surface area contributed by atoms with Crippen molar-refractivity contribution < 1.29 is 0 Å². The highest BCUT2D eigenvalue weighted by Crippen LogP contribution is 2.35. The summed E-state index contributed by atoms with van der Waals surface area (Å²) in [6.07, 6.45) is 4.80. The number of nitrogens with zero attached hydrogens (tertiary/aromatic N) is 3. The highest BCUT2D eigenvalue weighted by Gasteiger charge is 2.22. The number of thiophene rings is 1. The van der Waals surface area contributed by atoms with Crippen molar-refractivity contribution in [2.24, 2.45) is 0 Å². The average Bonchev–Trinajstić information content (AvgIpc) is 3.01. The molecule has 4 rings (SSSR count). The first-order chi connectivity index (χ1) is 12.3. The molecule has 25 heavy (non-hydrogen) atoms. The van der Waals surface area contributed by atoms with Gasteiger partial charge in [0.15, 0.2) is 5.16 Å². The van der Waals surface area contributed by atoms with Gasteiger partial charge < -0.3 is 0 Å². The molecule has 1 aliphatic rings. The van der Waals surface area contributed by atoms with Crippen LogP contribution in [0.2, 0.25) is 0 Å². The van der Waals surface area contributed by atoms with Crippen LogP contribution in [-0.2, 0) is 12.8 Å². The Balaban J connectivity index is 1.95. The van der Waals surface area contributed by atoms with Crippen molar-refractivity contribution in [1.29, 1.82) is 5.26 Å². The van der Waals surface area contributed by atoms with Crippen molar-refractivity contribution in [2.75, 3.05) is 5.75 Å². The van der Waals surface area contributed by atoms with Crippen molar-refractivity contribution in [3.8, 4) is 11.8 Å². The molecule has 2 heterocycles. The minimum atomic E-state index is 0.0232. The zero-order valence-corrected chi connectivity index (χ0v) is 15.3. The molecule has 0 atom stereocenters. The molecule has 0 unspecified atom stereocenters. The van der Waals surface area contributed by atoms with Crippen LogP contribution in [-0.4, -0.2) is 15.3 Å². The van der Waals surface area contributed by atoms with Gasteiger partial charge in [-0.3, -0.25) is 9.36 Å². The highest BCUT2D eigenvalue weighted by molar-refractivity contribution is 7.99. The number of aryl methyl sites for hydroxylation is 2. The fraction of sp³-hybridized carbons (Fsp3) is 0.316. The van der Waals surface area contributed by atoms with Gasteiger partial charge in [0.2, 0.25) is 0 Å². The maximum Gasteiger partial charge on any atom is 0.267 e. The summed E-state index contributed by atoms with van der Waals surface area (Å²) in [5.74, 6) is 0.631. The molecule has 0 radical (unpaired) electrons. The fourth-order valence-corrected chi connectivity index (χ4v) is 5.43. The van der Waals surface area contributed by atoms with Gasteiger partial charge in [-0.05, 0) is 43.4 Å². The van der Waals surface area contributed by atoms with E-state index in [2.05, 4.69) is 6.07 Å². The number of fused-ring (bicyclic) bond motifs is 3. The lowest BCUT2D eigenvalue weighted by Crippen LogP contribution is -2.22. The summed E-state index contributed by atoms with van der Waals surface area (Å²) in [4.78, 5) is 20.4. The van der Waals surface area contributed by atoms with E-state index in [4.69, 9.17) is 10.2 Å². The lowest BCUT2D eigenvalue weighted by atomic mass is 9.97. The molecule has 126 valence electrons. The minimum Gasteiger partial charge on any atom is -0.268 e. The SMILES string of the molecule is N#CCCSc1nc2sc3c(c2c(=O)n1-c1ccccc1)CCCC3. The first kappa shape index (κ1) is 16.4. The van der Waals surface area contributed by atoms with Gasteiger partial charge in [0.25, 0.3) is 5.56 Å². The van der Waals surface area contributed by atoms with Gasteiger partial charge in [-0.2, -0.15) is 5.26 Å². The van der Waals surface area contributed by atoms with E-state index in [1.54, 1.807) is 15.9 Å². The smallest absolute Gasteiger partial charge is 0.267 e. The molecule has 0 N–H and O–H groups in total. The van der Waals surface area contributed by atoms with Crippen LogP contribution in [0.5, 0.6) is 0 Å². The number of hydrogen-bond donors (Lipinski definition) is 0. The zero-order valence-electron chi connectivity index (χ0n) is 13.7. The maximum atomic E-state index is 13.4. The topological polar surface area (TPSA) is 58.7 Å². The monoisotopic (exact) mass is 367 g/mol. The summed E-state index contributed by atoms with van der Waals surface area (Å²) in [6.45, 7) is 0. The summed E-state index contributed by atoms with van der Waals surface area (Å²) in [5, 5.41) is 10.3. The van der Waals surface area contributed by atoms with Crippen LogP contribution in [0.4, 0.5) is 0 Å².